The third kappa shape index (κ3) is 3.15. The molecule has 0 radical (unpaired) electrons. The summed E-state index contributed by atoms with van der Waals surface area (Å²) in [6, 6.07) is 7.78. The Morgan fingerprint density at radius 2 is 2.16 bits per heavy atom. The molecule has 2 rings (SSSR count). The third-order valence-corrected chi connectivity index (χ3v) is 2.45. The van der Waals surface area contributed by atoms with E-state index in [9.17, 15) is 14.9 Å². The maximum absolute atomic E-state index is 11.8. The molecule has 0 bridgehead atoms. The minimum Gasteiger partial charge on any atom is -0.319 e. The highest BCUT2D eigenvalue weighted by atomic mass is 16.6. The topological polar surface area (TPSA) is 90.1 Å². The highest BCUT2D eigenvalue weighted by Crippen LogP contribution is 2.22. The monoisotopic (exact) mass is 260 g/mol. The van der Waals surface area contributed by atoms with Crippen molar-refractivity contribution in [3.8, 4) is 0 Å². The largest absolute Gasteiger partial charge is 0.319 e. The molecule has 1 heterocycles. The van der Waals surface area contributed by atoms with Crippen molar-refractivity contribution in [1.29, 1.82) is 0 Å². The fourth-order valence-corrected chi connectivity index (χ4v) is 1.63. The summed E-state index contributed by atoms with van der Waals surface area (Å²) in [5, 5.41) is 17.4. The summed E-state index contributed by atoms with van der Waals surface area (Å²) in [4.78, 5) is 22.0. The zero-order chi connectivity index (χ0) is 13.8. The van der Waals surface area contributed by atoms with Gasteiger partial charge in [0.1, 0.15) is 12.2 Å². The normalized spacial score (nSPS) is 10.2. The van der Waals surface area contributed by atoms with Crippen molar-refractivity contribution < 1.29 is 9.72 Å². The molecule has 0 atom stereocenters. The lowest BCUT2D eigenvalue weighted by atomic mass is 10.2. The van der Waals surface area contributed by atoms with Crippen molar-refractivity contribution in [1.82, 2.24) is 9.78 Å². The van der Waals surface area contributed by atoms with Crippen molar-refractivity contribution in [2.24, 2.45) is 0 Å². The molecule has 0 saturated heterocycles. The number of nitrogens with zero attached hydrogens (tertiary/aromatic N) is 3. The number of nitro benzene ring substituents is 1. The number of hydrogen-bond acceptors (Lipinski definition) is 4. The minimum atomic E-state index is -0.534. The number of amides is 1. The smallest absolute Gasteiger partial charge is 0.292 e. The van der Waals surface area contributed by atoms with Crippen LogP contribution in [-0.2, 0) is 11.3 Å². The van der Waals surface area contributed by atoms with E-state index in [1.165, 1.54) is 16.8 Å². The van der Waals surface area contributed by atoms with Crippen LogP contribution in [-0.4, -0.2) is 20.6 Å². The predicted octanol–water partition coefficient (Wildman–Crippen LogP) is 1.74. The van der Waals surface area contributed by atoms with Gasteiger partial charge in [-0.2, -0.15) is 5.10 Å². The standard InChI is InChI=1S/C12H12N4O3/c1-9-6-7-15(14-9)8-12(17)13-10-4-2-3-5-11(10)16(18)19/h2-7H,8H2,1H3,(H,13,17). The number of carbonyl (C=O) groups excluding carboxylic acids is 1. The Labute approximate surface area is 109 Å². The van der Waals surface area contributed by atoms with Crippen LogP contribution in [0.1, 0.15) is 5.69 Å². The number of carbonyl (C=O) groups is 1. The Morgan fingerprint density at radius 3 is 2.79 bits per heavy atom. The first kappa shape index (κ1) is 12.7. The van der Waals surface area contributed by atoms with Gasteiger partial charge in [0.15, 0.2) is 0 Å². The van der Waals surface area contributed by atoms with Gasteiger partial charge in [-0.3, -0.25) is 19.6 Å². The average molecular weight is 260 g/mol. The van der Waals surface area contributed by atoms with E-state index in [2.05, 4.69) is 10.4 Å². The van der Waals surface area contributed by atoms with E-state index >= 15 is 0 Å². The molecule has 19 heavy (non-hydrogen) atoms. The summed E-state index contributed by atoms with van der Waals surface area (Å²) >= 11 is 0. The molecule has 1 N–H and O–H groups in total. The van der Waals surface area contributed by atoms with Gasteiger partial charge in [-0.05, 0) is 19.1 Å². The van der Waals surface area contributed by atoms with Crippen molar-refractivity contribution in [2.75, 3.05) is 5.32 Å². The van der Waals surface area contributed by atoms with E-state index in [0.717, 1.165) is 5.69 Å². The first-order valence-electron chi connectivity index (χ1n) is 5.59. The van der Waals surface area contributed by atoms with E-state index in [1.807, 2.05) is 6.92 Å². The van der Waals surface area contributed by atoms with Crippen LogP contribution in [0.25, 0.3) is 0 Å². The third-order valence-electron chi connectivity index (χ3n) is 2.45. The first-order chi connectivity index (χ1) is 9.06. The first-order valence-corrected chi connectivity index (χ1v) is 5.59. The van der Waals surface area contributed by atoms with E-state index in [1.54, 1.807) is 24.4 Å². The second-order valence-corrected chi connectivity index (χ2v) is 3.98. The number of nitrogens with one attached hydrogen (secondary N) is 1. The summed E-state index contributed by atoms with van der Waals surface area (Å²) in [6.45, 7) is 1.83. The molecule has 7 heteroatoms. The van der Waals surface area contributed by atoms with E-state index in [4.69, 9.17) is 0 Å². The van der Waals surface area contributed by atoms with Crippen LogP contribution < -0.4 is 5.32 Å². The second kappa shape index (κ2) is 5.30. The Morgan fingerprint density at radius 1 is 1.42 bits per heavy atom. The van der Waals surface area contributed by atoms with Gasteiger partial charge in [-0.1, -0.05) is 12.1 Å². The lowest BCUT2D eigenvalue weighted by Crippen LogP contribution is -2.19. The maximum atomic E-state index is 11.8. The number of aromatic nitrogens is 2. The number of rotatable bonds is 4. The zero-order valence-electron chi connectivity index (χ0n) is 10.2. The van der Waals surface area contributed by atoms with Crippen molar-refractivity contribution in [3.05, 3.63) is 52.3 Å². The van der Waals surface area contributed by atoms with Gasteiger partial charge >= 0.3 is 0 Å². The van der Waals surface area contributed by atoms with E-state index < -0.39 is 4.92 Å². The number of aryl methyl sites for hydroxylation is 1. The molecular formula is C12H12N4O3. The van der Waals surface area contributed by atoms with Crippen molar-refractivity contribution >= 4 is 17.3 Å². The molecule has 1 aromatic heterocycles. The summed E-state index contributed by atoms with van der Waals surface area (Å²) in [6.07, 6.45) is 1.67. The number of para-hydroxylation sites is 2. The van der Waals surface area contributed by atoms with Crippen LogP contribution in [0.15, 0.2) is 36.5 Å². The SMILES string of the molecule is Cc1ccn(CC(=O)Nc2ccccc2[N+](=O)[O-])n1. The molecular weight excluding hydrogens is 248 g/mol. The lowest BCUT2D eigenvalue weighted by molar-refractivity contribution is -0.383. The predicted molar refractivity (Wildman–Crippen MR) is 68.7 cm³/mol. The molecule has 1 amide bonds. The molecule has 0 aliphatic heterocycles. The summed E-state index contributed by atoms with van der Waals surface area (Å²) in [7, 11) is 0. The zero-order valence-corrected chi connectivity index (χ0v) is 10.2. The van der Waals surface area contributed by atoms with Gasteiger partial charge in [-0.15, -0.1) is 0 Å². The van der Waals surface area contributed by atoms with Crippen LogP contribution in [0, 0.1) is 17.0 Å². The van der Waals surface area contributed by atoms with E-state index in [-0.39, 0.29) is 23.8 Å². The number of nitro groups is 1. The fourth-order valence-electron chi connectivity index (χ4n) is 1.63. The minimum absolute atomic E-state index is 0.0138. The molecule has 0 spiro atoms. The molecule has 0 fully saturated rings. The lowest BCUT2D eigenvalue weighted by Gasteiger charge is -2.05. The summed E-state index contributed by atoms with van der Waals surface area (Å²) < 4.78 is 1.47. The van der Waals surface area contributed by atoms with Gasteiger partial charge in [0.2, 0.25) is 5.91 Å². The van der Waals surface area contributed by atoms with E-state index in [0.29, 0.717) is 0 Å². The van der Waals surface area contributed by atoms with Crippen LogP contribution >= 0.6 is 0 Å². The van der Waals surface area contributed by atoms with Crippen molar-refractivity contribution in [2.45, 2.75) is 13.5 Å². The molecule has 0 aliphatic rings. The maximum Gasteiger partial charge on any atom is 0.292 e. The van der Waals surface area contributed by atoms with Gasteiger partial charge in [0.25, 0.3) is 5.69 Å². The highest BCUT2D eigenvalue weighted by Gasteiger charge is 2.14. The molecule has 0 aliphatic carbocycles. The number of hydrogen-bond donors (Lipinski definition) is 1. The highest BCUT2D eigenvalue weighted by molar-refractivity contribution is 5.92. The average Bonchev–Trinajstić information content (AvgIpc) is 2.75. The molecule has 98 valence electrons. The van der Waals surface area contributed by atoms with Crippen molar-refractivity contribution in [3.63, 3.8) is 0 Å². The Balaban J connectivity index is 2.09. The van der Waals surface area contributed by atoms with Crippen LogP contribution in [0.4, 0.5) is 11.4 Å². The fraction of sp³-hybridized carbons (Fsp3) is 0.167. The molecule has 2 aromatic rings. The van der Waals surface area contributed by atoms with Gasteiger partial charge < -0.3 is 5.32 Å². The molecule has 7 nitrogen and oxygen atoms in total. The van der Waals surface area contributed by atoms with Crippen LogP contribution in [0.5, 0.6) is 0 Å². The van der Waals surface area contributed by atoms with Gasteiger partial charge in [0, 0.05) is 12.3 Å². The molecule has 0 saturated carbocycles. The van der Waals surface area contributed by atoms with Gasteiger partial charge in [-0.25, -0.2) is 0 Å². The molecule has 0 unspecified atom stereocenters. The van der Waals surface area contributed by atoms with Crippen LogP contribution in [0.2, 0.25) is 0 Å². The summed E-state index contributed by atoms with van der Waals surface area (Å²) in [5.74, 6) is -0.364. The second-order valence-electron chi connectivity index (χ2n) is 3.98. The summed E-state index contributed by atoms with van der Waals surface area (Å²) in [5.41, 5.74) is 0.854. The molecule has 1 aromatic carbocycles. The Hall–Kier alpha value is -2.70. The Kier molecular flexibility index (Phi) is 3.56. The number of anilines is 1. The quantitative estimate of drug-likeness (QED) is 0.669. The Bertz CT molecular complexity index is 621. The van der Waals surface area contributed by atoms with Crippen LogP contribution in [0.3, 0.4) is 0 Å². The van der Waals surface area contributed by atoms with Gasteiger partial charge in [0.05, 0.1) is 10.6 Å². The number of benzene rings is 1.